The van der Waals surface area contributed by atoms with E-state index in [4.69, 9.17) is 0 Å². The van der Waals surface area contributed by atoms with E-state index in [1.54, 1.807) is 11.8 Å². The maximum atomic E-state index is 12.3. The van der Waals surface area contributed by atoms with Gasteiger partial charge in [-0.3, -0.25) is 4.79 Å². The van der Waals surface area contributed by atoms with Crippen LogP contribution in [0.2, 0.25) is 0 Å². The lowest BCUT2D eigenvalue weighted by molar-refractivity contribution is -0.146. The Morgan fingerprint density at radius 2 is 2.05 bits per heavy atom. The summed E-state index contributed by atoms with van der Waals surface area (Å²) in [7, 11) is 0. The van der Waals surface area contributed by atoms with E-state index in [1.807, 2.05) is 11.8 Å². The molecule has 1 saturated heterocycles. The van der Waals surface area contributed by atoms with Crippen LogP contribution in [0.1, 0.15) is 39.0 Å². The normalized spacial score (nSPS) is 34.0. The monoisotopic (exact) mass is 300 g/mol. The van der Waals surface area contributed by atoms with Gasteiger partial charge in [-0.15, -0.1) is 0 Å². The fourth-order valence-electron chi connectivity index (χ4n) is 3.10. The van der Waals surface area contributed by atoms with E-state index in [1.165, 1.54) is 6.42 Å². The van der Waals surface area contributed by atoms with Crippen molar-refractivity contribution < 1.29 is 14.7 Å². The number of carboxylic acid groups (broad SMARTS) is 1. The van der Waals surface area contributed by atoms with Crippen LogP contribution in [0.25, 0.3) is 0 Å². The van der Waals surface area contributed by atoms with Crippen LogP contribution in [0, 0.1) is 5.41 Å². The summed E-state index contributed by atoms with van der Waals surface area (Å²) in [5.74, 6) is -0.813. The van der Waals surface area contributed by atoms with E-state index in [0.29, 0.717) is 24.8 Å². The minimum Gasteiger partial charge on any atom is -0.481 e. The highest BCUT2D eigenvalue weighted by molar-refractivity contribution is 7.99. The highest BCUT2D eigenvalue weighted by Crippen LogP contribution is 2.31. The third-order valence-electron chi connectivity index (χ3n) is 4.59. The van der Waals surface area contributed by atoms with Crippen LogP contribution in [0.3, 0.4) is 0 Å². The summed E-state index contributed by atoms with van der Waals surface area (Å²) < 4.78 is 0. The second-order valence-corrected chi connectivity index (χ2v) is 7.23. The molecule has 1 aliphatic carbocycles. The molecule has 5 nitrogen and oxygen atoms in total. The molecule has 1 heterocycles. The molecule has 1 aliphatic heterocycles. The Morgan fingerprint density at radius 3 is 2.65 bits per heavy atom. The fraction of sp³-hybridized carbons (Fsp3) is 0.857. The molecule has 2 fully saturated rings. The molecule has 114 valence electrons. The van der Waals surface area contributed by atoms with Gasteiger partial charge in [0.05, 0.1) is 5.41 Å². The van der Waals surface area contributed by atoms with Crippen LogP contribution in [0.15, 0.2) is 0 Å². The molecule has 6 heteroatoms. The maximum absolute atomic E-state index is 12.3. The Bertz CT molecular complexity index is 391. The van der Waals surface area contributed by atoms with Gasteiger partial charge >= 0.3 is 12.0 Å². The number of thioether (sulfide) groups is 1. The standard InChI is InChI=1S/C14H24N2O3S/c1-14(12(17)18)7-8-16(9-14)13(19)15-10-5-3-4-6-11(10)20-2/h10-11H,3-9H2,1-2H3,(H,15,19)(H,17,18). The number of amides is 2. The molecule has 0 aromatic heterocycles. The molecule has 20 heavy (non-hydrogen) atoms. The molecule has 3 unspecified atom stereocenters. The molecule has 0 aromatic rings. The Hall–Kier alpha value is -0.910. The first-order valence-corrected chi connectivity index (χ1v) is 8.57. The fourth-order valence-corrected chi connectivity index (χ4v) is 4.04. The van der Waals surface area contributed by atoms with Gasteiger partial charge in [0.2, 0.25) is 0 Å². The van der Waals surface area contributed by atoms with E-state index >= 15 is 0 Å². The number of nitrogens with zero attached hydrogens (tertiary/aromatic N) is 1. The van der Waals surface area contributed by atoms with E-state index in [-0.39, 0.29) is 12.1 Å². The number of carboxylic acids is 1. The quantitative estimate of drug-likeness (QED) is 0.838. The first-order chi connectivity index (χ1) is 9.46. The zero-order chi connectivity index (χ0) is 14.8. The lowest BCUT2D eigenvalue weighted by Crippen LogP contribution is -2.49. The number of rotatable bonds is 3. The minimum absolute atomic E-state index is 0.0964. The van der Waals surface area contributed by atoms with Crippen molar-refractivity contribution in [3.05, 3.63) is 0 Å². The van der Waals surface area contributed by atoms with Crippen molar-refractivity contribution in [2.75, 3.05) is 19.3 Å². The zero-order valence-electron chi connectivity index (χ0n) is 12.2. The van der Waals surface area contributed by atoms with Gasteiger partial charge in [0.25, 0.3) is 0 Å². The van der Waals surface area contributed by atoms with Gasteiger partial charge < -0.3 is 15.3 Å². The van der Waals surface area contributed by atoms with E-state index in [0.717, 1.165) is 19.3 Å². The van der Waals surface area contributed by atoms with Crippen LogP contribution in [-0.2, 0) is 4.79 Å². The summed E-state index contributed by atoms with van der Waals surface area (Å²) in [6.07, 6.45) is 7.20. The summed E-state index contributed by atoms with van der Waals surface area (Å²) in [6.45, 7) is 2.56. The molecule has 0 bridgehead atoms. The van der Waals surface area contributed by atoms with Crippen LogP contribution in [0.5, 0.6) is 0 Å². The van der Waals surface area contributed by atoms with E-state index in [9.17, 15) is 14.7 Å². The summed E-state index contributed by atoms with van der Waals surface area (Å²) in [4.78, 5) is 25.2. The number of hydrogen-bond acceptors (Lipinski definition) is 3. The van der Waals surface area contributed by atoms with Crippen LogP contribution >= 0.6 is 11.8 Å². The number of aliphatic carboxylic acids is 1. The first kappa shape index (κ1) is 15.5. The SMILES string of the molecule is CSC1CCCCC1NC(=O)N1CCC(C)(C(=O)O)C1. The molecular weight excluding hydrogens is 276 g/mol. The van der Waals surface area contributed by atoms with Crippen LogP contribution in [0.4, 0.5) is 4.79 Å². The predicted octanol–water partition coefficient (Wildman–Crippen LogP) is 2.17. The molecule has 2 N–H and O–H groups in total. The highest BCUT2D eigenvalue weighted by Gasteiger charge is 2.42. The number of carbonyl (C=O) groups excluding carboxylic acids is 1. The van der Waals surface area contributed by atoms with Gasteiger partial charge in [0.1, 0.15) is 0 Å². The average Bonchev–Trinajstić information content (AvgIpc) is 2.83. The van der Waals surface area contributed by atoms with Crippen molar-refractivity contribution in [1.29, 1.82) is 0 Å². The Morgan fingerprint density at radius 1 is 1.35 bits per heavy atom. The summed E-state index contributed by atoms with van der Waals surface area (Å²) in [6, 6.07) is 0.129. The summed E-state index contributed by atoms with van der Waals surface area (Å²) in [5.41, 5.74) is -0.789. The molecular formula is C14H24N2O3S. The topological polar surface area (TPSA) is 69.6 Å². The van der Waals surface area contributed by atoms with Gasteiger partial charge in [0.15, 0.2) is 0 Å². The van der Waals surface area contributed by atoms with Crippen LogP contribution < -0.4 is 5.32 Å². The molecule has 0 radical (unpaired) electrons. The third-order valence-corrected chi connectivity index (χ3v) is 5.76. The van der Waals surface area contributed by atoms with Crippen LogP contribution in [-0.4, -0.2) is 52.6 Å². The Balaban J connectivity index is 1.91. The molecule has 3 atom stereocenters. The molecule has 0 aromatic carbocycles. The smallest absolute Gasteiger partial charge is 0.317 e. The number of nitrogens with one attached hydrogen (secondary N) is 1. The summed E-state index contributed by atoms with van der Waals surface area (Å²) >= 11 is 1.82. The number of hydrogen-bond donors (Lipinski definition) is 2. The van der Waals surface area contributed by atoms with Crippen molar-refractivity contribution in [3.8, 4) is 0 Å². The van der Waals surface area contributed by atoms with Gasteiger partial charge in [-0.25, -0.2) is 4.79 Å². The van der Waals surface area contributed by atoms with Crippen molar-refractivity contribution in [3.63, 3.8) is 0 Å². The van der Waals surface area contributed by atoms with E-state index < -0.39 is 11.4 Å². The minimum atomic E-state index is -0.813. The second kappa shape index (κ2) is 6.24. The number of urea groups is 1. The number of carbonyl (C=O) groups is 2. The van der Waals surface area contributed by atoms with Crippen molar-refractivity contribution in [2.45, 2.75) is 50.3 Å². The average molecular weight is 300 g/mol. The zero-order valence-corrected chi connectivity index (χ0v) is 13.0. The lowest BCUT2D eigenvalue weighted by Gasteiger charge is -2.32. The predicted molar refractivity (Wildman–Crippen MR) is 80.0 cm³/mol. The molecule has 1 saturated carbocycles. The van der Waals surface area contributed by atoms with Crippen molar-refractivity contribution in [1.82, 2.24) is 10.2 Å². The van der Waals surface area contributed by atoms with Gasteiger partial charge in [0, 0.05) is 24.4 Å². The largest absolute Gasteiger partial charge is 0.481 e. The Kier molecular flexibility index (Phi) is 4.83. The van der Waals surface area contributed by atoms with E-state index in [2.05, 4.69) is 11.6 Å². The lowest BCUT2D eigenvalue weighted by atomic mass is 9.90. The molecule has 2 rings (SSSR count). The summed E-state index contributed by atoms with van der Waals surface area (Å²) in [5, 5.41) is 12.8. The third kappa shape index (κ3) is 3.22. The van der Waals surface area contributed by atoms with Gasteiger partial charge in [-0.05, 0) is 32.4 Å². The van der Waals surface area contributed by atoms with Gasteiger partial charge in [-0.1, -0.05) is 12.8 Å². The molecule has 2 amide bonds. The van der Waals surface area contributed by atoms with Gasteiger partial charge in [-0.2, -0.15) is 11.8 Å². The second-order valence-electron chi connectivity index (χ2n) is 6.15. The number of likely N-dealkylation sites (tertiary alicyclic amines) is 1. The Labute approximate surface area is 124 Å². The maximum Gasteiger partial charge on any atom is 0.317 e. The highest BCUT2D eigenvalue weighted by atomic mass is 32.2. The first-order valence-electron chi connectivity index (χ1n) is 7.28. The van der Waals surface area contributed by atoms with Crippen molar-refractivity contribution >= 4 is 23.8 Å². The molecule has 0 spiro atoms. The molecule has 2 aliphatic rings. The van der Waals surface area contributed by atoms with Crippen molar-refractivity contribution in [2.24, 2.45) is 5.41 Å².